The molecule has 1 aromatic heterocycles. The van der Waals surface area contributed by atoms with Crippen molar-refractivity contribution in [3.8, 4) is 11.5 Å². The number of nitrogens with zero attached hydrogens (tertiary/aromatic N) is 3. The zero-order valence-corrected chi connectivity index (χ0v) is 16.8. The Bertz CT molecular complexity index is 922. The Balaban J connectivity index is 1.49. The highest BCUT2D eigenvalue weighted by Gasteiger charge is 2.60. The molecule has 6 nitrogen and oxygen atoms in total. The number of halogens is 3. The van der Waals surface area contributed by atoms with E-state index >= 15 is 0 Å². The van der Waals surface area contributed by atoms with Crippen molar-refractivity contribution in [3.05, 3.63) is 36.2 Å². The van der Waals surface area contributed by atoms with E-state index in [9.17, 15) is 23.1 Å². The normalized spacial score (nSPS) is 25.6. The molecule has 3 unspecified atom stereocenters. The Morgan fingerprint density at radius 1 is 1.23 bits per heavy atom. The van der Waals surface area contributed by atoms with Gasteiger partial charge in [-0.25, -0.2) is 0 Å². The van der Waals surface area contributed by atoms with E-state index < -0.39 is 17.7 Å². The predicted molar refractivity (Wildman–Crippen MR) is 101 cm³/mol. The van der Waals surface area contributed by atoms with Gasteiger partial charge >= 0.3 is 6.18 Å². The van der Waals surface area contributed by atoms with E-state index in [4.69, 9.17) is 4.42 Å². The molecule has 0 spiro atoms. The van der Waals surface area contributed by atoms with Gasteiger partial charge in [0, 0.05) is 18.7 Å². The van der Waals surface area contributed by atoms with Crippen molar-refractivity contribution >= 4 is 5.91 Å². The number of likely N-dealkylation sites (tertiary alicyclic amines) is 1. The van der Waals surface area contributed by atoms with Crippen LogP contribution in [0, 0.1) is 11.8 Å². The minimum atomic E-state index is -5.01. The SMILES string of the molecule is CC1CN(C(=O)C(C)(O)C(F)(F)F)CCC1C1(c2nnc(-c3ccccc3)o2)CC1. The van der Waals surface area contributed by atoms with Gasteiger partial charge in [-0.2, -0.15) is 13.2 Å². The molecule has 1 saturated carbocycles. The van der Waals surface area contributed by atoms with Gasteiger partial charge in [-0.3, -0.25) is 4.79 Å². The van der Waals surface area contributed by atoms with Crippen LogP contribution in [0.25, 0.3) is 11.5 Å². The average Bonchev–Trinajstić information content (AvgIpc) is 3.35. The summed E-state index contributed by atoms with van der Waals surface area (Å²) in [6.07, 6.45) is -2.76. The molecule has 0 radical (unpaired) electrons. The molecule has 2 fully saturated rings. The van der Waals surface area contributed by atoms with Crippen LogP contribution in [-0.4, -0.2) is 51.0 Å². The van der Waals surface area contributed by atoms with Gasteiger partial charge in [-0.1, -0.05) is 25.1 Å². The zero-order valence-electron chi connectivity index (χ0n) is 16.8. The number of piperidine rings is 1. The second-order valence-corrected chi connectivity index (χ2v) is 8.63. The van der Waals surface area contributed by atoms with Crippen LogP contribution >= 0.6 is 0 Å². The van der Waals surface area contributed by atoms with Gasteiger partial charge in [0.15, 0.2) is 0 Å². The minimum absolute atomic E-state index is 0.0682. The van der Waals surface area contributed by atoms with Crippen LogP contribution < -0.4 is 0 Å². The number of amides is 1. The van der Waals surface area contributed by atoms with E-state index in [0.29, 0.717) is 25.1 Å². The van der Waals surface area contributed by atoms with Crippen LogP contribution in [-0.2, 0) is 10.2 Å². The van der Waals surface area contributed by atoms with Crippen molar-refractivity contribution in [1.82, 2.24) is 15.1 Å². The monoisotopic (exact) mass is 423 g/mol. The topological polar surface area (TPSA) is 79.5 Å². The average molecular weight is 423 g/mol. The Morgan fingerprint density at radius 3 is 2.47 bits per heavy atom. The molecule has 1 aliphatic carbocycles. The van der Waals surface area contributed by atoms with Gasteiger partial charge in [-0.15, -0.1) is 10.2 Å². The number of aromatic nitrogens is 2. The van der Waals surface area contributed by atoms with E-state index in [0.717, 1.165) is 23.3 Å². The molecule has 1 aliphatic heterocycles. The van der Waals surface area contributed by atoms with Gasteiger partial charge < -0.3 is 14.4 Å². The smallest absolute Gasteiger partial charge is 0.420 e. The maximum atomic E-state index is 13.1. The molecule has 9 heteroatoms. The molecule has 1 aromatic carbocycles. The van der Waals surface area contributed by atoms with Crippen LogP contribution in [0.1, 0.15) is 39.0 Å². The van der Waals surface area contributed by atoms with Gasteiger partial charge in [-0.05, 0) is 50.2 Å². The molecule has 30 heavy (non-hydrogen) atoms. The molecule has 1 saturated heterocycles. The lowest BCUT2D eigenvalue weighted by Crippen LogP contribution is -2.58. The van der Waals surface area contributed by atoms with Crippen LogP contribution in [0.2, 0.25) is 0 Å². The molecule has 4 rings (SSSR count). The van der Waals surface area contributed by atoms with E-state index in [2.05, 4.69) is 10.2 Å². The van der Waals surface area contributed by atoms with Crippen LogP contribution in [0.3, 0.4) is 0 Å². The molecule has 1 amide bonds. The number of hydrogen-bond donors (Lipinski definition) is 1. The summed E-state index contributed by atoms with van der Waals surface area (Å²) in [5.41, 5.74) is -2.84. The number of rotatable bonds is 4. The van der Waals surface area contributed by atoms with Crippen LogP contribution in [0.5, 0.6) is 0 Å². The van der Waals surface area contributed by atoms with Gasteiger partial charge in [0.1, 0.15) is 0 Å². The summed E-state index contributed by atoms with van der Waals surface area (Å²) in [6, 6.07) is 9.44. The lowest BCUT2D eigenvalue weighted by Gasteiger charge is -2.42. The highest BCUT2D eigenvalue weighted by Crippen LogP contribution is 2.58. The van der Waals surface area contributed by atoms with E-state index in [-0.39, 0.29) is 30.3 Å². The molecule has 2 aliphatic rings. The van der Waals surface area contributed by atoms with Crippen molar-refractivity contribution < 1.29 is 27.5 Å². The fourth-order valence-corrected chi connectivity index (χ4v) is 4.58. The second-order valence-electron chi connectivity index (χ2n) is 8.63. The minimum Gasteiger partial charge on any atom is -0.420 e. The van der Waals surface area contributed by atoms with E-state index in [1.165, 1.54) is 0 Å². The first-order valence-corrected chi connectivity index (χ1v) is 10.0. The molecule has 162 valence electrons. The number of hydrogen-bond acceptors (Lipinski definition) is 5. The Hall–Kier alpha value is -2.42. The first kappa shape index (κ1) is 20.8. The molecule has 3 atom stereocenters. The van der Waals surface area contributed by atoms with Crippen LogP contribution in [0.15, 0.2) is 34.7 Å². The van der Waals surface area contributed by atoms with Crippen LogP contribution in [0.4, 0.5) is 13.2 Å². The van der Waals surface area contributed by atoms with Gasteiger partial charge in [0.2, 0.25) is 17.4 Å². The Morgan fingerprint density at radius 2 is 1.90 bits per heavy atom. The van der Waals surface area contributed by atoms with Gasteiger partial charge in [0.05, 0.1) is 5.41 Å². The molecular weight excluding hydrogens is 399 g/mol. The standard InChI is InChI=1S/C21H24F3N3O3/c1-13-12-27(18(28)19(2,29)21(22,23)24)11-8-15(13)20(9-10-20)17-26-25-16(30-17)14-6-4-3-5-7-14/h3-7,13,15,29H,8-12H2,1-2H3. The summed E-state index contributed by atoms with van der Waals surface area (Å²) < 4.78 is 45.1. The van der Waals surface area contributed by atoms with Crippen molar-refractivity contribution in [3.63, 3.8) is 0 Å². The third-order valence-electron chi connectivity index (χ3n) is 6.53. The molecule has 2 heterocycles. The zero-order chi connectivity index (χ0) is 21.7. The molecular formula is C21H24F3N3O3. The largest absolute Gasteiger partial charge is 0.426 e. The highest BCUT2D eigenvalue weighted by atomic mass is 19.4. The van der Waals surface area contributed by atoms with E-state index in [1.807, 2.05) is 37.3 Å². The first-order chi connectivity index (χ1) is 14.1. The van der Waals surface area contributed by atoms with Crippen molar-refractivity contribution in [2.75, 3.05) is 13.1 Å². The lowest BCUT2D eigenvalue weighted by molar-refractivity contribution is -0.251. The van der Waals surface area contributed by atoms with Gasteiger partial charge in [0.25, 0.3) is 5.91 Å². The maximum Gasteiger partial charge on any atom is 0.426 e. The quantitative estimate of drug-likeness (QED) is 0.814. The predicted octanol–water partition coefficient (Wildman–Crippen LogP) is 3.57. The fourth-order valence-electron chi connectivity index (χ4n) is 4.58. The number of benzene rings is 1. The summed E-state index contributed by atoms with van der Waals surface area (Å²) in [5, 5.41) is 18.2. The third kappa shape index (κ3) is 3.38. The van der Waals surface area contributed by atoms with E-state index in [1.54, 1.807) is 0 Å². The van der Waals surface area contributed by atoms with Crippen molar-refractivity contribution in [2.24, 2.45) is 11.8 Å². The molecule has 0 bridgehead atoms. The summed E-state index contributed by atoms with van der Waals surface area (Å²) in [4.78, 5) is 13.4. The number of aliphatic hydroxyl groups is 1. The first-order valence-electron chi connectivity index (χ1n) is 10.0. The summed E-state index contributed by atoms with van der Waals surface area (Å²) in [6.45, 7) is 2.73. The summed E-state index contributed by atoms with van der Waals surface area (Å²) in [5.74, 6) is -0.254. The lowest BCUT2D eigenvalue weighted by atomic mass is 9.74. The molecule has 1 N–H and O–H groups in total. The third-order valence-corrected chi connectivity index (χ3v) is 6.53. The van der Waals surface area contributed by atoms with Crippen molar-refractivity contribution in [2.45, 2.75) is 50.3 Å². The second kappa shape index (κ2) is 7.08. The maximum absolute atomic E-state index is 13.1. The number of carbonyl (C=O) groups is 1. The summed E-state index contributed by atoms with van der Waals surface area (Å²) >= 11 is 0. The highest BCUT2D eigenvalue weighted by molar-refractivity contribution is 5.85. The Labute approximate surface area is 172 Å². The van der Waals surface area contributed by atoms with Crippen molar-refractivity contribution in [1.29, 1.82) is 0 Å². The number of carbonyl (C=O) groups excluding carboxylic acids is 1. The molecule has 2 aromatic rings. The Kier molecular flexibility index (Phi) is 4.91. The summed E-state index contributed by atoms with van der Waals surface area (Å²) in [7, 11) is 0. The number of alkyl halides is 3. The fraction of sp³-hybridized carbons (Fsp3) is 0.571.